The summed E-state index contributed by atoms with van der Waals surface area (Å²) < 4.78 is 13.1. The molecule has 2 saturated carbocycles. The Kier molecular flexibility index (Phi) is 5.46. The molecule has 1 saturated heterocycles. The molecule has 2 aliphatic heterocycles. The molecule has 0 spiro atoms. The highest BCUT2D eigenvalue weighted by molar-refractivity contribution is 8.00. The Morgan fingerprint density at radius 2 is 1.84 bits per heavy atom. The van der Waals surface area contributed by atoms with Crippen molar-refractivity contribution in [3.63, 3.8) is 0 Å². The predicted molar refractivity (Wildman–Crippen MR) is 139 cm³/mol. The quantitative estimate of drug-likeness (QED) is 0.461. The van der Waals surface area contributed by atoms with E-state index in [1.54, 1.807) is 23.1 Å². The van der Waals surface area contributed by atoms with Crippen LogP contribution in [-0.4, -0.2) is 39.4 Å². The molecule has 7 atom stereocenters. The van der Waals surface area contributed by atoms with Crippen LogP contribution in [0.15, 0.2) is 51.6 Å². The van der Waals surface area contributed by atoms with Crippen LogP contribution in [0, 0.1) is 35.4 Å². The Balaban J connectivity index is 1.12. The number of nitrogens with one attached hydrogen (secondary N) is 2. The topological polar surface area (TPSA) is 99.3 Å². The van der Waals surface area contributed by atoms with Crippen molar-refractivity contribution in [1.82, 2.24) is 9.88 Å². The molecular formula is C26H22FN3O4S3. The summed E-state index contributed by atoms with van der Waals surface area (Å²) in [7, 11) is 0. The Bertz CT molecular complexity index is 1470. The van der Waals surface area contributed by atoms with Gasteiger partial charge in [0, 0.05) is 39.6 Å². The van der Waals surface area contributed by atoms with Crippen molar-refractivity contribution in [3.05, 3.63) is 67.0 Å². The molecule has 2 bridgehead atoms. The Labute approximate surface area is 223 Å². The van der Waals surface area contributed by atoms with Gasteiger partial charge in [0.15, 0.2) is 0 Å². The fourth-order valence-electron chi connectivity index (χ4n) is 7.06. The lowest BCUT2D eigenvalue weighted by Gasteiger charge is -2.42. The summed E-state index contributed by atoms with van der Waals surface area (Å²) in [5.41, 5.74) is 0.464. The maximum Gasteiger partial charge on any atom is 0.305 e. The van der Waals surface area contributed by atoms with Gasteiger partial charge in [-0.15, -0.1) is 23.1 Å². The van der Waals surface area contributed by atoms with Crippen LogP contribution < -0.4 is 10.2 Å². The zero-order valence-electron chi connectivity index (χ0n) is 19.4. The molecule has 11 heteroatoms. The smallest absolute Gasteiger partial charge is 0.305 e. The molecule has 4 heterocycles. The molecule has 3 fully saturated rings. The third-order valence-electron chi connectivity index (χ3n) is 8.36. The number of halogens is 1. The second-order valence-corrected chi connectivity index (χ2v) is 13.3. The first-order chi connectivity index (χ1) is 17.9. The van der Waals surface area contributed by atoms with Crippen LogP contribution in [0.3, 0.4) is 0 Å². The molecule has 1 aromatic carbocycles. The van der Waals surface area contributed by atoms with Gasteiger partial charge in [-0.05, 0) is 59.9 Å². The van der Waals surface area contributed by atoms with Gasteiger partial charge < -0.3 is 10.3 Å². The zero-order valence-corrected chi connectivity index (χ0v) is 21.8. The van der Waals surface area contributed by atoms with Crippen molar-refractivity contribution in [3.8, 4) is 0 Å². The Morgan fingerprint density at radius 3 is 2.57 bits per heavy atom. The number of carbonyl (C=O) groups is 3. The number of thiazole rings is 1. The minimum atomic E-state index is -0.395. The summed E-state index contributed by atoms with van der Waals surface area (Å²) in [5.74, 6) is -1.41. The number of fused-ring (bicyclic) bond motifs is 9. The van der Waals surface area contributed by atoms with E-state index in [2.05, 4.69) is 16.4 Å². The fraction of sp³-hybridized carbons (Fsp3) is 0.385. The van der Waals surface area contributed by atoms with E-state index in [0.717, 1.165) is 16.3 Å². The van der Waals surface area contributed by atoms with E-state index in [0.29, 0.717) is 5.69 Å². The van der Waals surface area contributed by atoms with Crippen LogP contribution in [0.1, 0.15) is 28.5 Å². The molecule has 2 N–H and O–H groups in total. The molecule has 3 aromatic rings. The maximum absolute atomic E-state index is 13.6. The number of hydrogen-bond acceptors (Lipinski definition) is 7. The third-order valence-corrected chi connectivity index (χ3v) is 11.9. The lowest BCUT2D eigenvalue weighted by molar-refractivity contribution is -0.141. The second-order valence-electron chi connectivity index (χ2n) is 10.1. The standard InChI is InChI=1S/C26H22FN3O4S3/c27-11-3-5-12(6-4-11)28-16(31)7-8-30-24(32)18-13-10-14(19(18)25(30)33)21-17(13)20(15-2-1-9-35-15)22-23(36-21)29-26(34)37-22/h1-6,9,13-14,17-21H,7-8,10H2,(H,28,31)(H,29,34). The lowest BCUT2D eigenvalue weighted by atomic mass is 9.69. The molecule has 2 aromatic heterocycles. The van der Waals surface area contributed by atoms with Gasteiger partial charge >= 0.3 is 4.87 Å². The molecule has 0 radical (unpaired) electrons. The van der Waals surface area contributed by atoms with Gasteiger partial charge in [-0.1, -0.05) is 17.4 Å². The van der Waals surface area contributed by atoms with Crippen molar-refractivity contribution in [2.75, 3.05) is 11.9 Å². The van der Waals surface area contributed by atoms with E-state index in [9.17, 15) is 23.6 Å². The Hall–Kier alpha value is -2.76. The summed E-state index contributed by atoms with van der Waals surface area (Å²) in [5, 5.41) is 5.80. The van der Waals surface area contributed by atoms with E-state index in [1.807, 2.05) is 11.4 Å². The minimum absolute atomic E-state index is 0.0123. The molecule has 190 valence electrons. The number of hydrogen-bond donors (Lipinski definition) is 2. The number of anilines is 1. The summed E-state index contributed by atoms with van der Waals surface area (Å²) in [6.45, 7) is 0.0363. The van der Waals surface area contributed by atoms with Gasteiger partial charge in [-0.3, -0.25) is 24.1 Å². The molecule has 7 nitrogen and oxygen atoms in total. The zero-order chi connectivity index (χ0) is 25.4. The van der Waals surface area contributed by atoms with Gasteiger partial charge in [0.2, 0.25) is 17.7 Å². The van der Waals surface area contributed by atoms with Crippen LogP contribution in [0.4, 0.5) is 10.1 Å². The predicted octanol–water partition coefficient (Wildman–Crippen LogP) is 4.14. The number of carbonyl (C=O) groups excluding carboxylic acids is 3. The highest BCUT2D eigenvalue weighted by Crippen LogP contribution is 2.68. The number of thiophene rings is 1. The van der Waals surface area contributed by atoms with Crippen LogP contribution in [0.2, 0.25) is 0 Å². The Morgan fingerprint density at radius 1 is 1.08 bits per heavy atom. The van der Waals surface area contributed by atoms with Crippen LogP contribution in [0.5, 0.6) is 0 Å². The van der Waals surface area contributed by atoms with E-state index < -0.39 is 5.82 Å². The summed E-state index contributed by atoms with van der Waals surface area (Å²) in [4.78, 5) is 58.3. The summed E-state index contributed by atoms with van der Waals surface area (Å²) in [6, 6.07) is 9.58. The monoisotopic (exact) mass is 555 g/mol. The van der Waals surface area contributed by atoms with E-state index in [-0.39, 0.29) is 76.3 Å². The fourth-order valence-corrected chi connectivity index (χ4v) is 10.9. The largest absolute Gasteiger partial charge is 0.326 e. The van der Waals surface area contributed by atoms with Gasteiger partial charge in [-0.2, -0.15) is 0 Å². The van der Waals surface area contributed by atoms with Gasteiger partial charge in [-0.25, -0.2) is 4.39 Å². The SMILES string of the molecule is O=C(CCN1C(=O)C2C3CC(C2C1=O)C1C(c2cccs2)c2sc(=O)[nH]c2SC31)Nc1ccc(F)cc1. The average molecular weight is 556 g/mol. The molecule has 3 amide bonds. The highest BCUT2D eigenvalue weighted by atomic mass is 32.2. The average Bonchev–Trinajstić information content (AvgIpc) is 3.68. The number of benzene rings is 1. The highest BCUT2D eigenvalue weighted by Gasteiger charge is 2.69. The number of thioether (sulfide) groups is 1. The number of imide groups is 1. The van der Waals surface area contributed by atoms with Gasteiger partial charge in [0.25, 0.3) is 0 Å². The van der Waals surface area contributed by atoms with Crippen molar-refractivity contribution >= 4 is 57.8 Å². The maximum atomic E-state index is 13.6. The van der Waals surface area contributed by atoms with Crippen molar-refractivity contribution in [2.24, 2.45) is 29.6 Å². The molecule has 4 aliphatic rings. The molecule has 37 heavy (non-hydrogen) atoms. The van der Waals surface area contributed by atoms with Crippen LogP contribution in [0.25, 0.3) is 0 Å². The molecule has 7 rings (SSSR count). The van der Waals surface area contributed by atoms with E-state index in [1.165, 1.54) is 45.4 Å². The van der Waals surface area contributed by atoms with Crippen LogP contribution in [-0.2, 0) is 14.4 Å². The van der Waals surface area contributed by atoms with Crippen LogP contribution >= 0.6 is 34.4 Å². The van der Waals surface area contributed by atoms with E-state index in [4.69, 9.17) is 0 Å². The summed E-state index contributed by atoms with van der Waals surface area (Å²) in [6.07, 6.45) is 0.830. The van der Waals surface area contributed by atoms with E-state index >= 15 is 0 Å². The number of H-pyrrole nitrogens is 1. The van der Waals surface area contributed by atoms with Crippen molar-refractivity contribution in [2.45, 2.75) is 29.0 Å². The normalized spacial score (nSPS) is 31.4. The molecular weight excluding hydrogens is 534 g/mol. The number of rotatable bonds is 5. The molecule has 7 unspecified atom stereocenters. The lowest BCUT2D eigenvalue weighted by Crippen LogP contribution is -2.42. The van der Waals surface area contributed by atoms with Gasteiger partial charge in [0.05, 0.1) is 16.9 Å². The third kappa shape index (κ3) is 3.58. The number of likely N-dealkylation sites (tertiary alicyclic amines) is 1. The van der Waals surface area contributed by atoms with Crippen molar-refractivity contribution < 1.29 is 18.8 Å². The number of aromatic nitrogens is 1. The number of aromatic amines is 1. The first-order valence-electron chi connectivity index (χ1n) is 12.2. The second kappa shape index (κ2) is 8.64. The van der Waals surface area contributed by atoms with Gasteiger partial charge in [0.1, 0.15) is 5.82 Å². The number of nitrogens with zero attached hydrogens (tertiary/aromatic N) is 1. The minimum Gasteiger partial charge on any atom is -0.326 e. The van der Waals surface area contributed by atoms with Crippen molar-refractivity contribution in [1.29, 1.82) is 0 Å². The summed E-state index contributed by atoms with van der Waals surface area (Å²) >= 11 is 4.61. The molecule has 2 aliphatic carbocycles. The number of amides is 3. The first kappa shape index (κ1) is 23.4. The first-order valence-corrected chi connectivity index (χ1v) is 14.8.